The van der Waals surface area contributed by atoms with E-state index in [1.54, 1.807) is 25.4 Å². The Bertz CT molecular complexity index is 1010. The zero-order chi connectivity index (χ0) is 17.4. The van der Waals surface area contributed by atoms with Gasteiger partial charge in [-0.3, -0.25) is 13.9 Å². The van der Waals surface area contributed by atoms with Gasteiger partial charge in [-0.05, 0) is 36.2 Å². The van der Waals surface area contributed by atoms with E-state index in [0.717, 1.165) is 4.57 Å². The number of aliphatic hydroxyl groups is 1. The normalized spacial score (nSPS) is 11.3. The number of nitrogens with zero attached hydrogens (tertiary/aromatic N) is 3. The van der Waals surface area contributed by atoms with Gasteiger partial charge in [0.25, 0.3) is 5.56 Å². The van der Waals surface area contributed by atoms with Gasteiger partial charge >= 0.3 is 5.69 Å². The van der Waals surface area contributed by atoms with Crippen LogP contribution < -0.4 is 11.2 Å². The minimum Gasteiger partial charge on any atom is -0.396 e. The molecule has 2 aromatic heterocycles. The summed E-state index contributed by atoms with van der Waals surface area (Å²) in [7, 11) is 3.04. The van der Waals surface area contributed by atoms with Gasteiger partial charge in [-0.15, -0.1) is 0 Å². The molecule has 3 aromatic rings. The van der Waals surface area contributed by atoms with E-state index in [2.05, 4.69) is 0 Å². The Labute approximate surface area is 137 Å². The lowest BCUT2D eigenvalue weighted by atomic mass is 10.1. The molecule has 0 bridgehead atoms. The molecule has 0 aliphatic carbocycles. The third kappa shape index (κ3) is 2.46. The second kappa shape index (κ2) is 6.09. The van der Waals surface area contributed by atoms with Gasteiger partial charge in [-0.25, -0.2) is 9.18 Å². The molecule has 0 radical (unpaired) electrons. The van der Waals surface area contributed by atoms with E-state index in [1.807, 2.05) is 4.57 Å². The van der Waals surface area contributed by atoms with Gasteiger partial charge in [0.05, 0.1) is 16.6 Å². The molecular weight excluding hydrogens is 313 g/mol. The maximum absolute atomic E-state index is 13.3. The van der Waals surface area contributed by atoms with Crippen LogP contribution in [0.2, 0.25) is 0 Å². The standard InChI is InChI=1S/C17H18FN3O3/c1-19-13-10-21(8-3-9-22)15(11-4-6-12(18)7-5-11)14(13)16(23)20(2)17(19)24/h4-7,10,22H,3,8-9H2,1-2H3. The molecule has 126 valence electrons. The van der Waals surface area contributed by atoms with Crippen LogP contribution in [0.5, 0.6) is 0 Å². The molecule has 1 N–H and O–H groups in total. The number of hydrogen-bond donors (Lipinski definition) is 1. The number of aliphatic hydroxyl groups excluding tert-OH is 1. The quantitative estimate of drug-likeness (QED) is 0.782. The van der Waals surface area contributed by atoms with Crippen LogP contribution in [0.3, 0.4) is 0 Å². The van der Waals surface area contributed by atoms with E-state index < -0.39 is 11.2 Å². The predicted molar refractivity (Wildman–Crippen MR) is 89.5 cm³/mol. The largest absolute Gasteiger partial charge is 0.396 e. The Hall–Kier alpha value is -2.67. The first-order chi connectivity index (χ1) is 11.5. The zero-order valence-corrected chi connectivity index (χ0v) is 13.5. The van der Waals surface area contributed by atoms with Crippen molar-refractivity contribution in [3.05, 3.63) is 57.1 Å². The van der Waals surface area contributed by atoms with E-state index in [9.17, 15) is 14.0 Å². The van der Waals surface area contributed by atoms with Crippen LogP contribution >= 0.6 is 0 Å². The van der Waals surface area contributed by atoms with Crippen molar-refractivity contribution in [3.8, 4) is 11.3 Å². The SMILES string of the molecule is Cn1c(=O)c2c(-c3ccc(F)cc3)n(CCCO)cc2n(C)c1=O. The topological polar surface area (TPSA) is 69.2 Å². The fourth-order valence-corrected chi connectivity index (χ4v) is 2.92. The van der Waals surface area contributed by atoms with Crippen molar-refractivity contribution in [1.29, 1.82) is 0 Å². The molecule has 0 spiro atoms. The van der Waals surface area contributed by atoms with Crippen molar-refractivity contribution in [1.82, 2.24) is 13.7 Å². The van der Waals surface area contributed by atoms with E-state index in [0.29, 0.717) is 35.1 Å². The molecule has 3 rings (SSSR count). The summed E-state index contributed by atoms with van der Waals surface area (Å²) < 4.78 is 17.6. The van der Waals surface area contributed by atoms with Crippen LogP contribution in [-0.2, 0) is 20.6 Å². The second-order valence-electron chi connectivity index (χ2n) is 5.72. The number of rotatable bonds is 4. The summed E-state index contributed by atoms with van der Waals surface area (Å²) in [4.78, 5) is 24.8. The Morgan fingerprint density at radius 2 is 1.75 bits per heavy atom. The van der Waals surface area contributed by atoms with E-state index in [1.165, 1.54) is 23.7 Å². The Morgan fingerprint density at radius 3 is 2.38 bits per heavy atom. The average molecular weight is 331 g/mol. The number of aryl methyl sites for hydroxylation is 2. The highest BCUT2D eigenvalue weighted by Crippen LogP contribution is 2.28. The molecule has 0 aliphatic heterocycles. The molecule has 0 saturated heterocycles. The van der Waals surface area contributed by atoms with Crippen molar-refractivity contribution in [2.24, 2.45) is 14.1 Å². The van der Waals surface area contributed by atoms with Crippen molar-refractivity contribution in [3.63, 3.8) is 0 Å². The van der Waals surface area contributed by atoms with Gasteiger partial charge in [0.1, 0.15) is 5.82 Å². The molecule has 0 saturated carbocycles. The average Bonchev–Trinajstić information content (AvgIpc) is 2.96. The molecule has 0 fully saturated rings. The third-order valence-electron chi connectivity index (χ3n) is 4.19. The number of hydrogen-bond acceptors (Lipinski definition) is 3. The zero-order valence-electron chi connectivity index (χ0n) is 13.5. The minimum absolute atomic E-state index is 0.00826. The predicted octanol–water partition coefficient (Wildman–Crippen LogP) is 1.23. The summed E-state index contributed by atoms with van der Waals surface area (Å²) in [6.07, 6.45) is 2.23. The third-order valence-corrected chi connectivity index (χ3v) is 4.19. The number of halogens is 1. The van der Waals surface area contributed by atoms with Gasteiger partial charge in [0.2, 0.25) is 0 Å². The van der Waals surface area contributed by atoms with Crippen LogP contribution in [0, 0.1) is 5.82 Å². The lowest BCUT2D eigenvalue weighted by Gasteiger charge is -2.09. The summed E-state index contributed by atoms with van der Waals surface area (Å²) in [6, 6.07) is 5.86. The molecule has 0 amide bonds. The summed E-state index contributed by atoms with van der Waals surface area (Å²) in [5.74, 6) is -0.364. The van der Waals surface area contributed by atoms with E-state index in [-0.39, 0.29) is 12.4 Å². The van der Waals surface area contributed by atoms with Crippen LogP contribution in [0.25, 0.3) is 22.2 Å². The van der Waals surface area contributed by atoms with Gasteiger partial charge in [0, 0.05) is 33.4 Å². The van der Waals surface area contributed by atoms with Crippen LogP contribution in [0.15, 0.2) is 40.1 Å². The maximum Gasteiger partial charge on any atom is 0.330 e. The highest BCUT2D eigenvalue weighted by atomic mass is 19.1. The monoisotopic (exact) mass is 331 g/mol. The molecule has 7 heteroatoms. The smallest absolute Gasteiger partial charge is 0.330 e. The van der Waals surface area contributed by atoms with Crippen molar-refractivity contribution in [2.75, 3.05) is 6.61 Å². The lowest BCUT2D eigenvalue weighted by molar-refractivity contribution is 0.280. The fraction of sp³-hybridized carbons (Fsp3) is 0.294. The Morgan fingerprint density at radius 1 is 1.08 bits per heavy atom. The van der Waals surface area contributed by atoms with Crippen molar-refractivity contribution >= 4 is 10.9 Å². The Kier molecular flexibility index (Phi) is 4.11. The summed E-state index contributed by atoms with van der Waals surface area (Å²) in [5.41, 5.74) is 1.02. The van der Waals surface area contributed by atoms with Crippen LogP contribution in [0.4, 0.5) is 4.39 Å². The summed E-state index contributed by atoms with van der Waals surface area (Å²) in [6.45, 7) is 0.490. The summed E-state index contributed by atoms with van der Waals surface area (Å²) >= 11 is 0. The van der Waals surface area contributed by atoms with Crippen molar-refractivity contribution < 1.29 is 9.50 Å². The van der Waals surface area contributed by atoms with Gasteiger partial charge in [0.15, 0.2) is 0 Å². The molecule has 0 atom stereocenters. The number of aromatic nitrogens is 3. The first-order valence-corrected chi connectivity index (χ1v) is 7.61. The molecule has 0 unspecified atom stereocenters. The number of fused-ring (bicyclic) bond motifs is 1. The molecule has 1 aromatic carbocycles. The first-order valence-electron chi connectivity index (χ1n) is 7.61. The van der Waals surface area contributed by atoms with Gasteiger partial charge < -0.3 is 9.67 Å². The lowest BCUT2D eigenvalue weighted by Crippen LogP contribution is -2.36. The first kappa shape index (κ1) is 16.2. The van der Waals surface area contributed by atoms with E-state index in [4.69, 9.17) is 5.11 Å². The molecule has 6 nitrogen and oxygen atoms in total. The molecular formula is C17H18FN3O3. The second-order valence-corrected chi connectivity index (χ2v) is 5.72. The van der Waals surface area contributed by atoms with Crippen LogP contribution in [0.1, 0.15) is 6.42 Å². The van der Waals surface area contributed by atoms with Crippen LogP contribution in [-0.4, -0.2) is 25.4 Å². The minimum atomic E-state index is -0.405. The fourth-order valence-electron chi connectivity index (χ4n) is 2.92. The molecule has 0 aliphatic rings. The van der Waals surface area contributed by atoms with Crippen molar-refractivity contribution in [2.45, 2.75) is 13.0 Å². The molecule has 24 heavy (non-hydrogen) atoms. The maximum atomic E-state index is 13.3. The number of benzene rings is 1. The van der Waals surface area contributed by atoms with Gasteiger partial charge in [-0.1, -0.05) is 0 Å². The highest BCUT2D eigenvalue weighted by Gasteiger charge is 2.19. The summed E-state index contributed by atoms with van der Waals surface area (Å²) in [5, 5.41) is 9.52. The highest BCUT2D eigenvalue weighted by molar-refractivity contribution is 5.93. The van der Waals surface area contributed by atoms with Gasteiger partial charge in [-0.2, -0.15) is 0 Å². The molecule has 2 heterocycles. The van der Waals surface area contributed by atoms with E-state index >= 15 is 0 Å². The Balaban J connectivity index is 2.41.